The van der Waals surface area contributed by atoms with E-state index < -0.39 is 4.92 Å². The molecule has 1 aliphatic rings. The molecule has 0 atom stereocenters. The first kappa shape index (κ1) is 19.5. The second-order valence-electron chi connectivity index (χ2n) is 7.10. The van der Waals surface area contributed by atoms with Crippen LogP contribution in [0.2, 0.25) is 0 Å². The minimum atomic E-state index is -0.511. The zero-order chi connectivity index (χ0) is 20.1. The number of nitrogens with zero attached hydrogens (tertiary/aromatic N) is 4. The van der Waals surface area contributed by atoms with Crippen molar-refractivity contribution in [2.75, 3.05) is 31.1 Å². The number of benzene rings is 1. The van der Waals surface area contributed by atoms with E-state index in [1.54, 1.807) is 12.1 Å². The Balaban J connectivity index is 1.53. The quantitative estimate of drug-likeness (QED) is 0.451. The van der Waals surface area contributed by atoms with E-state index in [1.165, 1.54) is 17.8 Å². The summed E-state index contributed by atoms with van der Waals surface area (Å²) in [4.78, 5) is 30.4. The maximum absolute atomic E-state index is 12.4. The summed E-state index contributed by atoms with van der Waals surface area (Å²) in [5.74, 6) is 0.320. The third kappa shape index (κ3) is 4.73. The Morgan fingerprint density at radius 2 is 1.79 bits per heavy atom. The molecule has 0 bridgehead atoms. The van der Waals surface area contributed by atoms with Crippen molar-refractivity contribution in [3.63, 3.8) is 0 Å². The van der Waals surface area contributed by atoms with Crippen LogP contribution in [-0.2, 0) is 4.79 Å². The average molecular weight is 380 g/mol. The SMILES string of the molecule is CC(C)c1ccc(/C=C/C(=O)N2CCN(c3ccc([N+](=O)[O-])nc3)CC2)cc1. The number of anilines is 1. The van der Waals surface area contributed by atoms with Gasteiger partial charge < -0.3 is 19.9 Å². The smallest absolute Gasteiger partial charge is 0.363 e. The molecule has 0 unspecified atom stereocenters. The van der Waals surface area contributed by atoms with Crippen LogP contribution in [0.25, 0.3) is 6.08 Å². The maximum Gasteiger partial charge on any atom is 0.363 e. The van der Waals surface area contributed by atoms with Gasteiger partial charge in [-0.3, -0.25) is 4.79 Å². The number of aromatic nitrogens is 1. The molecular weight excluding hydrogens is 356 g/mol. The number of piperazine rings is 1. The Hall–Kier alpha value is -3.22. The molecule has 0 saturated carbocycles. The molecule has 1 aliphatic heterocycles. The second kappa shape index (κ2) is 8.65. The summed E-state index contributed by atoms with van der Waals surface area (Å²) < 4.78 is 0. The van der Waals surface area contributed by atoms with Crippen molar-refractivity contribution in [2.45, 2.75) is 19.8 Å². The van der Waals surface area contributed by atoms with E-state index in [4.69, 9.17) is 0 Å². The minimum absolute atomic E-state index is 0.00518. The lowest BCUT2D eigenvalue weighted by Crippen LogP contribution is -2.48. The van der Waals surface area contributed by atoms with Crippen molar-refractivity contribution in [1.29, 1.82) is 0 Å². The molecule has 2 heterocycles. The molecule has 0 radical (unpaired) electrons. The summed E-state index contributed by atoms with van der Waals surface area (Å²) in [5, 5.41) is 10.7. The number of nitro groups is 1. The lowest BCUT2D eigenvalue weighted by atomic mass is 10.0. The summed E-state index contributed by atoms with van der Waals surface area (Å²) in [6.45, 7) is 6.85. The molecule has 2 aromatic rings. The van der Waals surface area contributed by atoms with Crippen LogP contribution in [0.4, 0.5) is 11.5 Å². The predicted molar refractivity (Wildman–Crippen MR) is 109 cm³/mol. The molecule has 1 aromatic heterocycles. The number of amides is 1. The van der Waals surface area contributed by atoms with E-state index in [0.29, 0.717) is 32.1 Å². The van der Waals surface area contributed by atoms with Gasteiger partial charge in [0.15, 0.2) is 6.20 Å². The third-order valence-electron chi connectivity index (χ3n) is 4.90. The van der Waals surface area contributed by atoms with Crippen molar-refractivity contribution < 1.29 is 9.72 Å². The Morgan fingerprint density at radius 1 is 1.11 bits per heavy atom. The summed E-state index contributed by atoms with van der Waals surface area (Å²) in [6.07, 6.45) is 4.98. The molecule has 1 saturated heterocycles. The number of hydrogen-bond donors (Lipinski definition) is 0. The van der Waals surface area contributed by atoms with Gasteiger partial charge in [-0.15, -0.1) is 0 Å². The molecule has 1 fully saturated rings. The third-order valence-corrected chi connectivity index (χ3v) is 4.90. The zero-order valence-corrected chi connectivity index (χ0v) is 16.1. The van der Waals surface area contributed by atoms with Crippen LogP contribution in [0.3, 0.4) is 0 Å². The fourth-order valence-electron chi connectivity index (χ4n) is 3.12. The first-order valence-electron chi connectivity index (χ1n) is 9.36. The van der Waals surface area contributed by atoms with E-state index >= 15 is 0 Å². The van der Waals surface area contributed by atoms with Crippen molar-refractivity contribution in [3.05, 3.63) is 69.9 Å². The molecule has 1 amide bonds. The highest BCUT2D eigenvalue weighted by atomic mass is 16.6. The van der Waals surface area contributed by atoms with E-state index in [0.717, 1.165) is 11.3 Å². The Kier molecular flexibility index (Phi) is 6.03. The van der Waals surface area contributed by atoms with Gasteiger partial charge in [-0.2, -0.15) is 0 Å². The number of carbonyl (C=O) groups excluding carboxylic acids is 1. The van der Waals surface area contributed by atoms with Gasteiger partial charge in [0.1, 0.15) is 0 Å². The van der Waals surface area contributed by atoms with Crippen LogP contribution < -0.4 is 4.90 Å². The first-order valence-corrected chi connectivity index (χ1v) is 9.36. The number of carbonyl (C=O) groups is 1. The van der Waals surface area contributed by atoms with E-state index in [-0.39, 0.29) is 11.7 Å². The average Bonchev–Trinajstić information content (AvgIpc) is 2.72. The van der Waals surface area contributed by atoms with Crippen molar-refractivity contribution in [3.8, 4) is 0 Å². The molecule has 146 valence electrons. The largest absolute Gasteiger partial charge is 0.365 e. The van der Waals surface area contributed by atoms with Crippen LogP contribution in [0.15, 0.2) is 48.7 Å². The van der Waals surface area contributed by atoms with Crippen LogP contribution in [-0.4, -0.2) is 46.9 Å². The van der Waals surface area contributed by atoms with Crippen molar-refractivity contribution >= 4 is 23.5 Å². The fourth-order valence-corrected chi connectivity index (χ4v) is 3.12. The van der Waals surface area contributed by atoms with Crippen LogP contribution >= 0.6 is 0 Å². The van der Waals surface area contributed by atoms with Gasteiger partial charge in [0.25, 0.3) is 0 Å². The topological polar surface area (TPSA) is 79.6 Å². The molecule has 0 N–H and O–H groups in total. The summed E-state index contributed by atoms with van der Waals surface area (Å²) in [6, 6.07) is 11.3. The summed E-state index contributed by atoms with van der Waals surface area (Å²) in [7, 11) is 0. The minimum Gasteiger partial charge on any atom is -0.365 e. The van der Waals surface area contributed by atoms with Gasteiger partial charge in [-0.1, -0.05) is 38.1 Å². The highest BCUT2D eigenvalue weighted by Gasteiger charge is 2.21. The highest BCUT2D eigenvalue weighted by molar-refractivity contribution is 5.92. The van der Waals surface area contributed by atoms with Gasteiger partial charge in [0.05, 0.1) is 5.69 Å². The first-order chi connectivity index (χ1) is 13.4. The Morgan fingerprint density at radius 3 is 2.32 bits per heavy atom. The molecule has 0 spiro atoms. The molecule has 1 aromatic carbocycles. The summed E-state index contributed by atoms with van der Waals surface area (Å²) >= 11 is 0. The predicted octanol–water partition coefficient (Wildman–Crippen LogP) is 3.48. The van der Waals surface area contributed by atoms with Crippen molar-refractivity contribution in [2.24, 2.45) is 0 Å². The second-order valence-corrected chi connectivity index (χ2v) is 7.10. The van der Waals surface area contributed by atoms with Crippen LogP contribution in [0, 0.1) is 10.1 Å². The van der Waals surface area contributed by atoms with E-state index in [2.05, 4.69) is 35.9 Å². The van der Waals surface area contributed by atoms with Crippen molar-refractivity contribution in [1.82, 2.24) is 9.88 Å². The standard InChI is InChI=1S/C21H24N4O3/c1-16(2)18-6-3-17(4-7-18)5-10-21(26)24-13-11-23(12-14-24)19-8-9-20(22-15-19)25(27)28/h3-10,15-16H,11-14H2,1-2H3/b10-5+. The zero-order valence-electron chi connectivity index (χ0n) is 16.1. The molecule has 7 nitrogen and oxygen atoms in total. The van der Waals surface area contributed by atoms with Gasteiger partial charge >= 0.3 is 5.82 Å². The fraction of sp³-hybridized carbons (Fsp3) is 0.333. The van der Waals surface area contributed by atoms with Crippen LogP contribution in [0.5, 0.6) is 0 Å². The highest BCUT2D eigenvalue weighted by Crippen LogP contribution is 2.19. The maximum atomic E-state index is 12.4. The van der Waals surface area contributed by atoms with Gasteiger partial charge in [-0.25, -0.2) is 0 Å². The van der Waals surface area contributed by atoms with Gasteiger partial charge in [0, 0.05) is 38.3 Å². The number of hydrogen-bond acceptors (Lipinski definition) is 5. The molecule has 0 aliphatic carbocycles. The van der Waals surface area contributed by atoms with E-state index in [1.807, 2.05) is 23.1 Å². The normalized spacial score (nSPS) is 14.7. The van der Waals surface area contributed by atoms with Crippen LogP contribution in [0.1, 0.15) is 30.9 Å². The van der Waals surface area contributed by atoms with Gasteiger partial charge in [0.2, 0.25) is 5.91 Å². The Bertz CT molecular complexity index is 852. The lowest BCUT2D eigenvalue weighted by molar-refractivity contribution is -0.389. The molecular formula is C21H24N4O3. The molecule has 3 rings (SSSR count). The molecule has 7 heteroatoms. The summed E-state index contributed by atoms with van der Waals surface area (Å²) in [5.41, 5.74) is 3.12. The van der Waals surface area contributed by atoms with Gasteiger partial charge in [-0.05, 0) is 39.1 Å². The van der Waals surface area contributed by atoms with E-state index in [9.17, 15) is 14.9 Å². The number of pyridine rings is 1. The molecule has 28 heavy (non-hydrogen) atoms. The monoisotopic (exact) mass is 380 g/mol. The number of rotatable bonds is 5. The Labute approximate surface area is 164 Å². The lowest BCUT2D eigenvalue weighted by Gasteiger charge is -2.35.